The summed E-state index contributed by atoms with van der Waals surface area (Å²) in [5, 5.41) is 8.58. The Kier molecular flexibility index (Phi) is 30.8. The zero-order valence-electron chi connectivity index (χ0n) is 27.9. The quantitative estimate of drug-likeness (QED) is 0.0768. The van der Waals surface area contributed by atoms with Crippen LogP contribution in [0.15, 0.2) is 29.2 Å². The van der Waals surface area contributed by atoms with Gasteiger partial charge in [-0.25, -0.2) is 0 Å². The van der Waals surface area contributed by atoms with E-state index in [9.17, 15) is 8.42 Å². The minimum absolute atomic E-state index is 0.0183. The molecule has 276 valence electrons. The molecule has 0 saturated carbocycles. The van der Waals surface area contributed by atoms with Gasteiger partial charge in [0.25, 0.3) is 10.1 Å². The third-order valence-electron chi connectivity index (χ3n) is 5.73. The Morgan fingerprint density at radius 2 is 0.638 bits per heavy atom. The van der Waals surface area contributed by atoms with Gasteiger partial charge >= 0.3 is 0 Å². The molecule has 1 aromatic carbocycles. The molecule has 0 spiro atoms. The number of benzene rings is 1. The molecule has 16 heteroatoms. The fourth-order valence-corrected chi connectivity index (χ4v) is 4.23. The van der Waals surface area contributed by atoms with E-state index < -0.39 is 10.1 Å². The van der Waals surface area contributed by atoms with Gasteiger partial charge in [-0.3, -0.25) is 4.18 Å². The van der Waals surface area contributed by atoms with Gasteiger partial charge in [-0.05, 0) is 19.1 Å². The third-order valence-corrected chi connectivity index (χ3v) is 7.06. The van der Waals surface area contributed by atoms with Crippen molar-refractivity contribution in [2.24, 2.45) is 0 Å². The second kappa shape index (κ2) is 33.2. The topological polar surface area (TPSA) is 165 Å². The van der Waals surface area contributed by atoms with Gasteiger partial charge in [0, 0.05) is 0 Å². The second-order valence-corrected chi connectivity index (χ2v) is 11.2. The fraction of sp³-hybridized carbons (Fsp3) is 0.806. The van der Waals surface area contributed by atoms with Crippen molar-refractivity contribution < 1.29 is 69.8 Å². The smallest absolute Gasteiger partial charge is 0.297 e. The first-order valence-corrected chi connectivity index (χ1v) is 17.4. The fourth-order valence-electron chi connectivity index (χ4n) is 3.34. The Balaban J connectivity index is 1.67. The predicted molar refractivity (Wildman–Crippen MR) is 170 cm³/mol. The molecule has 0 radical (unpaired) electrons. The molecule has 0 amide bonds. The van der Waals surface area contributed by atoms with Crippen LogP contribution in [0.5, 0.6) is 0 Å². The molecule has 1 aromatic rings. The van der Waals surface area contributed by atoms with Crippen molar-refractivity contribution in [3.63, 3.8) is 0 Å². The molecule has 0 bridgehead atoms. The summed E-state index contributed by atoms with van der Waals surface area (Å²) in [5.74, 6) is 0. The van der Waals surface area contributed by atoms with Crippen LogP contribution in [0.2, 0.25) is 0 Å². The first-order chi connectivity index (χ1) is 23.1. The summed E-state index contributed by atoms with van der Waals surface area (Å²) in [4.78, 5) is 0.126. The summed E-state index contributed by atoms with van der Waals surface area (Å²) in [6.45, 7) is 11.5. The highest BCUT2D eigenvalue weighted by atomic mass is 32.2. The molecule has 0 aromatic heterocycles. The monoisotopic (exact) mass is 700 g/mol. The largest absolute Gasteiger partial charge is 0.394 e. The number of rotatable bonds is 37. The predicted octanol–water partition coefficient (Wildman–Crippen LogP) is 0.875. The maximum Gasteiger partial charge on any atom is 0.297 e. The molecule has 0 heterocycles. The molecule has 1 rings (SSSR count). The maximum absolute atomic E-state index is 12.1. The van der Waals surface area contributed by atoms with Crippen molar-refractivity contribution in [3.8, 4) is 0 Å². The Morgan fingerprint density at radius 3 is 0.894 bits per heavy atom. The SMILES string of the molecule is Cc1ccc(S(=O)(=O)OCCOCCOCCOCCOCCOCCOCCOCCOCCOCCOCCOCCO)cc1. The summed E-state index contributed by atoms with van der Waals surface area (Å²) in [7, 11) is -3.78. The van der Waals surface area contributed by atoms with Crippen LogP contribution in [0.4, 0.5) is 0 Å². The van der Waals surface area contributed by atoms with Crippen molar-refractivity contribution >= 4 is 10.1 Å². The molecular weight excluding hydrogens is 644 g/mol. The highest BCUT2D eigenvalue weighted by molar-refractivity contribution is 7.86. The van der Waals surface area contributed by atoms with Crippen molar-refractivity contribution in [3.05, 3.63) is 29.8 Å². The zero-order valence-corrected chi connectivity index (χ0v) is 28.7. The van der Waals surface area contributed by atoms with Crippen LogP contribution in [0.1, 0.15) is 5.56 Å². The van der Waals surface area contributed by atoms with Gasteiger partial charge in [0.2, 0.25) is 0 Å². The number of aliphatic hydroxyl groups excluding tert-OH is 1. The third kappa shape index (κ3) is 29.3. The highest BCUT2D eigenvalue weighted by Crippen LogP contribution is 2.12. The zero-order chi connectivity index (χ0) is 33.9. The average Bonchev–Trinajstić information content (AvgIpc) is 3.06. The molecule has 0 aliphatic carbocycles. The molecule has 0 fully saturated rings. The minimum atomic E-state index is -3.78. The normalized spacial score (nSPS) is 11.9. The van der Waals surface area contributed by atoms with Gasteiger partial charge in [-0.15, -0.1) is 0 Å². The van der Waals surface area contributed by atoms with E-state index in [0.29, 0.717) is 139 Å². The van der Waals surface area contributed by atoms with Gasteiger partial charge in [0.15, 0.2) is 0 Å². The van der Waals surface area contributed by atoms with E-state index in [1.54, 1.807) is 12.1 Å². The van der Waals surface area contributed by atoms with Crippen LogP contribution in [-0.4, -0.2) is 172 Å². The second-order valence-electron chi connectivity index (χ2n) is 9.55. The first kappa shape index (κ1) is 43.7. The van der Waals surface area contributed by atoms with Gasteiger partial charge < -0.3 is 57.2 Å². The lowest BCUT2D eigenvalue weighted by atomic mass is 10.2. The van der Waals surface area contributed by atoms with Gasteiger partial charge in [-0.1, -0.05) is 17.7 Å². The summed E-state index contributed by atoms with van der Waals surface area (Å²) >= 11 is 0. The Bertz CT molecular complexity index is 889. The van der Waals surface area contributed by atoms with Crippen LogP contribution in [-0.2, 0) is 66.4 Å². The molecule has 0 atom stereocenters. The number of hydrogen-bond donors (Lipinski definition) is 1. The van der Waals surface area contributed by atoms with Crippen molar-refractivity contribution in [2.75, 3.05) is 159 Å². The van der Waals surface area contributed by atoms with Crippen LogP contribution in [0, 0.1) is 6.92 Å². The summed E-state index contributed by atoms with van der Waals surface area (Å²) < 4.78 is 88.3. The van der Waals surface area contributed by atoms with Gasteiger partial charge in [0.05, 0.1) is 163 Å². The molecule has 0 saturated heterocycles. The van der Waals surface area contributed by atoms with Crippen molar-refractivity contribution in [2.45, 2.75) is 11.8 Å². The summed E-state index contributed by atoms with van der Waals surface area (Å²) in [5.41, 5.74) is 0.973. The first-order valence-electron chi connectivity index (χ1n) is 16.0. The number of aliphatic hydroxyl groups is 1. The van der Waals surface area contributed by atoms with E-state index in [4.69, 9.17) is 61.4 Å². The average molecular weight is 701 g/mol. The Labute approximate surface area is 280 Å². The van der Waals surface area contributed by atoms with Crippen LogP contribution < -0.4 is 0 Å². The standard InChI is InChI=1S/C31H56O15S/c1-30-2-4-31(5-3-30)47(33,34)46-29-28-45-27-26-44-25-24-43-23-22-42-21-20-41-19-18-40-17-16-39-15-14-38-13-12-37-11-10-36-9-8-35-7-6-32/h2-5,32H,6-29H2,1H3. The number of ether oxygens (including phenoxy) is 11. The van der Waals surface area contributed by atoms with E-state index in [-0.39, 0.29) is 24.7 Å². The molecule has 47 heavy (non-hydrogen) atoms. The lowest BCUT2D eigenvalue weighted by molar-refractivity contribution is -0.0280. The molecular formula is C31H56O15S. The van der Waals surface area contributed by atoms with Crippen LogP contribution >= 0.6 is 0 Å². The van der Waals surface area contributed by atoms with E-state index in [1.807, 2.05) is 6.92 Å². The van der Waals surface area contributed by atoms with Crippen molar-refractivity contribution in [1.82, 2.24) is 0 Å². The van der Waals surface area contributed by atoms with E-state index >= 15 is 0 Å². The van der Waals surface area contributed by atoms with Crippen LogP contribution in [0.25, 0.3) is 0 Å². The number of hydrogen-bond acceptors (Lipinski definition) is 15. The molecule has 1 N–H and O–H groups in total. The van der Waals surface area contributed by atoms with Crippen molar-refractivity contribution in [1.29, 1.82) is 0 Å². The van der Waals surface area contributed by atoms with Gasteiger partial charge in [0.1, 0.15) is 0 Å². The molecule has 0 unspecified atom stereocenters. The van der Waals surface area contributed by atoms with E-state index in [1.165, 1.54) is 12.1 Å². The number of aryl methyl sites for hydroxylation is 1. The minimum Gasteiger partial charge on any atom is -0.394 e. The lowest BCUT2D eigenvalue weighted by Crippen LogP contribution is -2.16. The lowest BCUT2D eigenvalue weighted by Gasteiger charge is -2.09. The summed E-state index contributed by atoms with van der Waals surface area (Å²) in [6, 6.07) is 6.47. The Hall–Kier alpha value is -1.35. The van der Waals surface area contributed by atoms with Crippen LogP contribution in [0.3, 0.4) is 0 Å². The highest BCUT2D eigenvalue weighted by Gasteiger charge is 2.14. The maximum atomic E-state index is 12.1. The van der Waals surface area contributed by atoms with E-state index in [2.05, 4.69) is 0 Å². The summed E-state index contributed by atoms with van der Waals surface area (Å²) in [6.07, 6.45) is 0. The molecule has 0 aliphatic heterocycles. The molecule has 15 nitrogen and oxygen atoms in total. The van der Waals surface area contributed by atoms with E-state index in [0.717, 1.165) is 5.56 Å². The van der Waals surface area contributed by atoms with Gasteiger partial charge in [-0.2, -0.15) is 8.42 Å². The molecule has 0 aliphatic rings. The Morgan fingerprint density at radius 1 is 0.404 bits per heavy atom.